The average molecular weight is 313 g/mol. The van der Waals surface area contributed by atoms with E-state index in [-0.39, 0.29) is 5.91 Å². The molecule has 0 saturated carbocycles. The van der Waals surface area contributed by atoms with Crippen LogP contribution in [0.4, 0.5) is 5.69 Å². The number of amides is 1. The van der Waals surface area contributed by atoms with Gasteiger partial charge >= 0.3 is 0 Å². The van der Waals surface area contributed by atoms with Crippen LogP contribution in [-0.2, 0) is 16.1 Å². The zero-order valence-electron chi connectivity index (χ0n) is 13.8. The summed E-state index contributed by atoms with van der Waals surface area (Å²) >= 11 is 0. The fourth-order valence-corrected chi connectivity index (χ4v) is 2.29. The molecule has 2 rings (SSSR count). The highest BCUT2D eigenvalue weighted by atomic mass is 16.5. The predicted octanol–water partition coefficient (Wildman–Crippen LogP) is 3.94. The summed E-state index contributed by atoms with van der Waals surface area (Å²) in [4.78, 5) is 12.5. The fourth-order valence-electron chi connectivity index (χ4n) is 2.29. The minimum absolute atomic E-state index is 0.148. The molecule has 0 fully saturated rings. The van der Waals surface area contributed by atoms with E-state index in [1.807, 2.05) is 62.4 Å². The zero-order valence-corrected chi connectivity index (χ0v) is 13.8. The molecule has 0 spiro atoms. The lowest BCUT2D eigenvalue weighted by Gasteiger charge is -2.18. The molecule has 2 aromatic rings. The van der Waals surface area contributed by atoms with E-state index in [0.29, 0.717) is 13.0 Å². The number of benzene rings is 2. The molecular weight excluding hydrogens is 290 g/mol. The van der Waals surface area contributed by atoms with Gasteiger partial charge in [-0.25, -0.2) is 0 Å². The molecule has 0 bridgehead atoms. The molecule has 1 amide bonds. The molecule has 1 unspecified atom stereocenters. The van der Waals surface area contributed by atoms with Gasteiger partial charge in [-0.15, -0.1) is 0 Å². The molecule has 0 aromatic heterocycles. The third-order valence-corrected chi connectivity index (χ3v) is 3.53. The van der Waals surface area contributed by atoms with Gasteiger partial charge in [0.05, 0.1) is 6.61 Å². The minimum atomic E-state index is -0.526. The number of para-hydroxylation sites is 1. The topological polar surface area (TPSA) is 47.6 Å². The van der Waals surface area contributed by atoms with Crippen molar-refractivity contribution in [1.29, 1.82) is 0 Å². The molecule has 0 heterocycles. The van der Waals surface area contributed by atoms with Gasteiger partial charge in [-0.2, -0.15) is 0 Å². The first kappa shape index (κ1) is 17.0. The van der Waals surface area contributed by atoms with Crippen LogP contribution >= 0.6 is 0 Å². The van der Waals surface area contributed by atoms with Crippen LogP contribution in [0, 0.1) is 6.92 Å². The Bertz CT molecular complexity index is 655. The van der Waals surface area contributed by atoms with Crippen LogP contribution in [0.1, 0.15) is 24.5 Å². The summed E-state index contributed by atoms with van der Waals surface area (Å²) in [6, 6.07) is 15.3. The first-order valence-corrected chi connectivity index (χ1v) is 7.75. The Morgan fingerprint density at radius 1 is 1.17 bits per heavy atom. The molecule has 0 aliphatic heterocycles. The van der Waals surface area contributed by atoms with Gasteiger partial charge in [0.25, 0.3) is 5.91 Å². The lowest BCUT2D eigenvalue weighted by Crippen LogP contribution is -2.32. The molecule has 0 aliphatic carbocycles. The van der Waals surface area contributed by atoms with E-state index in [9.17, 15) is 4.79 Å². The second-order valence-electron chi connectivity index (χ2n) is 5.40. The van der Waals surface area contributed by atoms with Gasteiger partial charge in [-0.05, 0) is 42.7 Å². The number of rotatable bonds is 7. The van der Waals surface area contributed by atoms with Crippen LogP contribution in [0.15, 0.2) is 48.5 Å². The Kier molecular flexibility index (Phi) is 6.18. The number of ether oxygens (including phenoxy) is 2. The van der Waals surface area contributed by atoms with Crippen LogP contribution in [0.2, 0.25) is 0 Å². The summed E-state index contributed by atoms with van der Waals surface area (Å²) in [5.41, 5.74) is 2.77. The zero-order chi connectivity index (χ0) is 16.7. The van der Waals surface area contributed by atoms with Crippen molar-refractivity contribution in [3.63, 3.8) is 0 Å². The van der Waals surface area contributed by atoms with Crippen molar-refractivity contribution in [3.8, 4) is 5.75 Å². The van der Waals surface area contributed by atoms with Crippen molar-refractivity contribution in [3.05, 3.63) is 59.7 Å². The minimum Gasteiger partial charge on any atom is -0.480 e. The third-order valence-electron chi connectivity index (χ3n) is 3.53. The SMILES string of the molecule is CCC(Oc1ccccc1C)C(=O)Nc1cccc(COC)c1. The van der Waals surface area contributed by atoms with Gasteiger partial charge in [0.2, 0.25) is 0 Å². The van der Waals surface area contributed by atoms with Gasteiger partial charge < -0.3 is 14.8 Å². The van der Waals surface area contributed by atoms with Crippen molar-refractivity contribution < 1.29 is 14.3 Å². The second-order valence-corrected chi connectivity index (χ2v) is 5.40. The number of hydrogen-bond donors (Lipinski definition) is 1. The van der Waals surface area contributed by atoms with Crippen LogP contribution < -0.4 is 10.1 Å². The number of hydrogen-bond acceptors (Lipinski definition) is 3. The van der Waals surface area contributed by atoms with E-state index in [1.54, 1.807) is 7.11 Å². The van der Waals surface area contributed by atoms with E-state index in [2.05, 4.69) is 5.32 Å². The first-order chi connectivity index (χ1) is 11.1. The standard InChI is InChI=1S/C19H23NO3/c1-4-17(23-18-11-6-5-8-14(18)2)19(21)20-16-10-7-9-15(12-16)13-22-3/h5-12,17H,4,13H2,1-3H3,(H,20,21). The molecule has 0 aliphatic rings. The summed E-state index contributed by atoms with van der Waals surface area (Å²) in [6.45, 7) is 4.42. The molecule has 4 heteroatoms. The third kappa shape index (κ3) is 4.83. The number of anilines is 1. The number of carbonyl (C=O) groups is 1. The Hall–Kier alpha value is -2.33. The molecule has 2 aromatic carbocycles. The molecule has 0 radical (unpaired) electrons. The lowest BCUT2D eigenvalue weighted by atomic mass is 10.2. The summed E-state index contributed by atoms with van der Waals surface area (Å²) in [7, 11) is 1.65. The summed E-state index contributed by atoms with van der Waals surface area (Å²) in [6.07, 6.45) is 0.0694. The van der Waals surface area contributed by atoms with Crippen molar-refractivity contribution in [2.75, 3.05) is 12.4 Å². The van der Waals surface area contributed by atoms with Gasteiger partial charge in [0, 0.05) is 12.8 Å². The van der Waals surface area contributed by atoms with Crippen molar-refractivity contribution in [2.24, 2.45) is 0 Å². The number of carbonyl (C=O) groups excluding carboxylic acids is 1. The maximum Gasteiger partial charge on any atom is 0.265 e. The van der Waals surface area contributed by atoms with E-state index >= 15 is 0 Å². The van der Waals surface area contributed by atoms with E-state index in [0.717, 1.165) is 22.6 Å². The Labute approximate surface area is 137 Å². The highest BCUT2D eigenvalue weighted by Gasteiger charge is 2.19. The van der Waals surface area contributed by atoms with Gasteiger partial charge in [0.1, 0.15) is 5.75 Å². The normalized spacial score (nSPS) is 11.8. The number of nitrogens with one attached hydrogen (secondary N) is 1. The second kappa shape index (κ2) is 8.34. The molecular formula is C19H23NO3. The van der Waals surface area contributed by atoms with Crippen molar-refractivity contribution in [2.45, 2.75) is 33.0 Å². The Morgan fingerprint density at radius 2 is 1.96 bits per heavy atom. The highest BCUT2D eigenvalue weighted by molar-refractivity contribution is 5.94. The number of methoxy groups -OCH3 is 1. The van der Waals surface area contributed by atoms with E-state index in [4.69, 9.17) is 9.47 Å². The summed E-state index contributed by atoms with van der Waals surface area (Å²) < 4.78 is 11.0. The first-order valence-electron chi connectivity index (χ1n) is 7.75. The van der Waals surface area contributed by atoms with E-state index in [1.165, 1.54) is 0 Å². The largest absolute Gasteiger partial charge is 0.480 e. The molecule has 122 valence electrons. The molecule has 1 N–H and O–H groups in total. The van der Waals surface area contributed by atoms with Crippen LogP contribution in [0.5, 0.6) is 5.75 Å². The van der Waals surface area contributed by atoms with Crippen LogP contribution in [-0.4, -0.2) is 19.1 Å². The average Bonchev–Trinajstić information content (AvgIpc) is 2.54. The predicted molar refractivity (Wildman–Crippen MR) is 91.7 cm³/mol. The molecule has 1 atom stereocenters. The van der Waals surface area contributed by atoms with Gasteiger partial charge in [0.15, 0.2) is 6.10 Å². The quantitative estimate of drug-likeness (QED) is 0.842. The summed E-state index contributed by atoms with van der Waals surface area (Å²) in [5, 5.41) is 2.91. The van der Waals surface area contributed by atoms with Crippen molar-refractivity contribution >= 4 is 11.6 Å². The molecule has 0 saturated heterocycles. The number of aryl methyl sites for hydroxylation is 1. The van der Waals surface area contributed by atoms with Crippen LogP contribution in [0.3, 0.4) is 0 Å². The maximum atomic E-state index is 12.5. The Balaban J connectivity index is 2.05. The van der Waals surface area contributed by atoms with Crippen molar-refractivity contribution in [1.82, 2.24) is 0 Å². The molecule has 23 heavy (non-hydrogen) atoms. The lowest BCUT2D eigenvalue weighted by molar-refractivity contribution is -0.122. The Morgan fingerprint density at radius 3 is 2.65 bits per heavy atom. The van der Waals surface area contributed by atoms with E-state index < -0.39 is 6.10 Å². The monoisotopic (exact) mass is 313 g/mol. The van der Waals surface area contributed by atoms with Gasteiger partial charge in [-0.3, -0.25) is 4.79 Å². The molecule has 4 nitrogen and oxygen atoms in total. The van der Waals surface area contributed by atoms with Crippen LogP contribution in [0.25, 0.3) is 0 Å². The summed E-state index contributed by atoms with van der Waals surface area (Å²) in [5.74, 6) is 0.591. The van der Waals surface area contributed by atoms with Gasteiger partial charge in [-0.1, -0.05) is 37.3 Å². The maximum absolute atomic E-state index is 12.5. The smallest absolute Gasteiger partial charge is 0.265 e. The highest BCUT2D eigenvalue weighted by Crippen LogP contribution is 2.20. The fraction of sp³-hybridized carbons (Fsp3) is 0.316.